The second-order valence-electron chi connectivity index (χ2n) is 5.42. The molecule has 0 saturated carbocycles. The van der Waals surface area contributed by atoms with Crippen molar-refractivity contribution in [3.63, 3.8) is 0 Å². The maximum Gasteiger partial charge on any atom is 0.145 e. The number of nitrogens with zero attached hydrogens (tertiary/aromatic N) is 2. The van der Waals surface area contributed by atoms with Gasteiger partial charge in [0, 0.05) is 11.6 Å². The van der Waals surface area contributed by atoms with Gasteiger partial charge in [-0.2, -0.15) is 10.5 Å². The lowest BCUT2D eigenvalue weighted by Gasteiger charge is -2.00. The van der Waals surface area contributed by atoms with Crippen LogP contribution in [0.5, 0.6) is 11.5 Å². The average Bonchev–Trinajstić information content (AvgIpc) is 2.60. The fourth-order valence-electron chi connectivity index (χ4n) is 1.36. The van der Waals surface area contributed by atoms with Crippen LogP contribution in [0, 0.1) is 35.0 Å². The Labute approximate surface area is 153 Å². The van der Waals surface area contributed by atoms with Crippen LogP contribution < -0.4 is 0 Å². The highest BCUT2D eigenvalue weighted by molar-refractivity contribution is 5.53. The smallest absolute Gasteiger partial charge is 0.145 e. The number of hydrogen-bond donors (Lipinski definition) is 3. The first-order valence-electron chi connectivity index (χ1n) is 7.46. The van der Waals surface area contributed by atoms with E-state index in [0.717, 1.165) is 5.56 Å². The number of benzene rings is 2. The highest BCUT2D eigenvalue weighted by Crippen LogP contribution is 2.11. The first kappa shape index (κ1) is 22.3. The molecule has 0 spiro atoms. The number of phenolic OH excluding ortho intramolecular Hbond substituents is 2. The highest BCUT2D eigenvalue weighted by atomic mass is 16.3. The van der Waals surface area contributed by atoms with E-state index in [1.807, 2.05) is 12.1 Å². The van der Waals surface area contributed by atoms with E-state index in [9.17, 15) is 0 Å². The zero-order valence-electron chi connectivity index (χ0n) is 14.6. The molecular formula is C21H20N2O3. The van der Waals surface area contributed by atoms with Crippen LogP contribution in [-0.4, -0.2) is 20.9 Å². The fourth-order valence-corrected chi connectivity index (χ4v) is 1.36. The molecule has 132 valence electrons. The quantitative estimate of drug-likeness (QED) is 0.415. The summed E-state index contributed by atoms with van der Waals surface area (Å²) in [6.07, 6.45) is 8.07. The first-order valence-corrected chi connectivity index (χ1v) is 7.46. The standard InChI is InChI=1S/C9H7NO.C8H6O.C4H7NO/c10-6-2-4-8-3-1-5-9(11)7-8;1-2-7-4-3-5-8(9)6-7;1-4(2,6)3-5/h1-5,7,11H;1,3-6,9H;6H,1-2H3/b4-2+;;. The van der Waals surface area contributed by atoms with E-state index >= 15 is 0 Å². The molecule has 0 bridgehead atoms. The van der Waals surface area contributed by atoms with Gasteiger partial charge in [0.25, 0.3) is 0 Å². The Bertz CT molecular complexity index is 845. The Balaban J connectivity index is 0.000000378. The molecule has 0 aliphatic carbocycles. The van der Waals surface area contributed by atoms with Crippen LogP contribution in [0.1, 0.15) is 25.0 Å². The van der Waals surface area contributed by atoms with Gasteiger partial charge in [0.2, 0.25) is 0 Å². The molecule has 0 heterocycles. The summed E-state index contributed by atoms with van der Waals surface area (Å²) in [5.41, 5.74) is 0.376. The van der Waals surface area contributed by atoms with Gasteiger partial charge in [-0.15, -0.1) is 6.42 Å². The second kappa shape index (κ2) is 11.8. The summed E-state index contributed by atoms with van der Waals surface area (Å²) >= 11 is 0. The number of hydrogen-bond acceptors (Lipinski definition) is 5. The molecule has 5 nitrogen and oxygen atoms in total. The monoisotopic (exact) mass is 348 g/mol. The predicted octanol–water partition coefficient (Wildman–Crippen LogP) is 3.58. The van der Waals surface area contributed by atoms with Crippen molar-refractivity contribution in [2.24, 2.45) is 0 Å². The van der Waals surface area contributed by atoms with Crippen molar-refractivity contribution in [3.8, 4) is 36.0 Å². The van der Waals surface area contributed by atoms with Gasteiger partial charge in [0.1, 0.15) is 17.1 Å². The minimum Gasteiger partial charge on any atom is -0.508 e. The number of phenols is 2. The molecule has 2 aromatic rings. The molecule has 2 rings (SSSR count). The Morgan fingerprint density at radius 3 is 1.92 bits per heavy atom. The Morgan fingerprint density at radius 2 is 1.54 bits per heavy atom. The molecule has 2 aromatic carbocycles. The van der Waals surface area contributed by atoms with Crippen LogP contribution in [0.4, 0.5) is 0 Å². The molecule has 0 aromatic heterocycles. The average molecular weight is 348 g/mol. The van der Waals surface area contributed by atoms with Crippen molar-refractivity contribution in [1.82, 2.24) is 0 Å². The zero-order chi connectivity index (χ0) is 20.0. The Hall–Kier alpha value is -3.72. The lowest BCUT2D eigenvalue weighted by molar-refractivity contribution is 0.141. The zero-order valence-corrected chi connectivity index (χ0v) is 14.6. The molecule has 5 heteroatoms. The van der Waals surface area contributed by atoms with E-state index in [-0.39, 0.29) is 11.5 Å². The summed E-state index contributed by atoms with van der Waals surface area (Å²) in [6, 6.07) is 16.9. The summed E-state index contributed by atoms with van der Waals surface area (Å²) in [5, 5.41) is 42.4. The topological polar surface area (TPSA) is 108 Å². The Morgan fingerprint density at radius 1 is 1.00 bits per heavy atom. The molecule has 0 radical (unpaired) electrons. The predicted molar refractivity (Wildman–Crippen MR) is 101 cm³/mol. The molecule has 0 atom stereocenters. The maximum absolute atomic E-state index is 9.00. The molecule has 26 heavy (non-hydrogen) atoms. The number of rotatable bonds is 1. The van der Waals surface area contributed by atoms with Crippen LogP contribution in [0.15, 0.2) is 54.6 Å². The number of aliphatic hydroxyl groups is 1. The third kappa shape index (κ3) is 11.8. The van der Waals surface area contributed by atoms with Crippen LogP contribution in [0.2, 0.25) is 0 Å². The van der Waals surface area contributed by atoms with Crippen LogP contribution >= 0.6 is 0 Å². The van der Waals surface area contributed by atoms with Crippen LogP contribution in [0.3, 0.4) is 0 Å². The molecule has 0 unspecified atom stereocenters. The van der Waals surface area contributed by atoms with Crippen molar-refractivity contribution in [1.29, 1.82) is 10.5 Å². The SMILES string of the molecule is C#Cc1cccc(O)c1.CC(C)(O)C#N.N#C/C=C/c1cccc(O)c1. The number of aromatic hydroxyl groups is 2. The van der Waals surface area contributed by atoms with Crippen LogP contribution in [-0.2, 0) is 0 Å². The summed E-state index contributed by atoms with van der Waals surface area (Å²) in [5.74, 6) is 2.83. The van der Waals surface area contributed by atoms with Gasteiger partial charge >= 0.3 is 0 Å². The lowest BCUT2D eigenvalue weighted by Crippen LogP contribution is -2.13. The number of nitriles is 2. The van der Waals surface area contributed by atoms with Crippen LogP contribution in [0.25, 0.3) is 6.08 Å². The van der Waals surface area contributed by atoms with Gasteiger partial charge in [-0.25, -0.2) is 0 Å². The molecule has 3 N–H and O–H groups in total. The summed E-state index contributed by atoms with van der Waals surface area (Å²) in [6.45, 7) is 2.88. The Kier molecular flexibility index (Phi) is 10.1. The minimum atomic E-state index is -1.15. The number of terminal acetylenes is 1. The molecule has 0 fully saturated rings. The van der Waals surface area contributed by atoms with Gasteiger partial charge < -0.3 is 15.3 Å². The van der Waals surface area contributed by atoms with E-state index in [0.29, 0.717) is 5.56 Å². The van der Waals surface area contributed by atoms with Gasteiger partial charge in [0.05, 0.1) is 12.1 Å². The van der Waals surface area contributed by atoms with Crippen molar-refractivity contribution < 1.29 is 15.3 Å². The van der Waals surface area contributed by atoms with E-state index in [2.05, 4.69) is 5.92 Å². The normalized spacial score (nSPS) is 9.38. The minimum absolute atomic E-state index is 0.213. The molecule has 0 aliphatic rings. The third-order valence-electron chi connectivity index (χ3n) is 2.51. The van der Waals surface area contributed by atoms with Crippen molar-refractivity contribution in [2.45, 2.75) is 19.4 Å². The van der Waals surface area contributed by atoms with Gasteiger partial charge in [-0.3, -0.25) is 0 Å². The van der Waals surface area contributed by atoms with E-state index < -0.39 is 5.60 Å². The summed E-state index contributed by atoms with van der Waals surface area (Å²) in [7, 11) is 0. The van der Waals surface area contributed by atoms with E-state index in [4.69, 9.17) is 32.3 Å². The van der Waals surface area contributed by atoms with Crippen molar-refractivity contribution in [3.05, 3.63) is 65.7 Å². The fraction of sp³-hybridized carbons (Fsp3) is 0.143. The number of allylic oxidation sites excluding steroid dienone is 1. The van der Waals surface area contributed by atoms with Gasteiger partial charge in [-0.1, -0.05) is 24.1 Å². The first-order chi connectivity index (χ1) is 12.2. The lowest BCUT2D eigenvalue weighted by atomic mass is 10.2. The van der Waals surface area contributed by atoms with E-state index in [1.54, 1.807) is 54.6 Å². The van der Waals surface area contributed by atoms with Crippen molar-refractivity contribution in [2.75, 3.05) is 0 Å². The molecule has 0 amide bonds. The summed E-state index contributed by atoms with van der Waals surface area (Å²) in [4.78, 5) is 0. The summed E-state index contributed by atoms with van der Waals surface area (Å²) < 4.78 is 0. The highest BCUT2D eigenvalue weighted by Gasteiger charge is 2.07. The maximum atomic E-state index is 9.00. The molecular weight excluding hydrogens is 328 g/mol. The van der Waals surface area contributed by atoms with E-state index in [1.165, 1.54) is 19.9 Å². The molecule has 0 aliphatic heterocycles. The van der Waals surface area contributed by atoms with Gasteiger partial charge in [-0.05, 0) is 55.8 Å². The second-order valence-corrected chi connectivity index (χ2v) is 5.42. The molecule has 0 saturated heterocycles. The largest absolute Gasteiger partial charge is 0.508 e. The van der Waals surface area contributed by atoms with Gasteiger partial charge in [0.15, 0.2) is 0 Å². The third-order valence-corrected chi connectivity index (χ3v) is 2.51. The van der Waals surface area contributed by atoms with Crippen molar-refractivity contribution >= 4 is 6.08 Å².